The molecule has 0 aliphatic carbocycles. The SMILES string of the molecule is CC.CC(C)(C(F)(F)F)C(F)(F)F.COC.c1ccc(C2=Nc3cc4ccccc4cc3C2)cc1. The van der Waals surface area contributed by atoms with Crippen molar-refractivity contribution in [2.45, 2.75) is 46.5 Å². The predicted octanol–water partition coefficient (Wildman–Crippen LogP) is 8.94. The maximum Gasteiger partial charge on any atom is 0.402 e. The Morgan fingerprint density at radius 1 is 0.714 bits per heavy atom. The van der Waals surface area contributed by atoms with Crippen LogP contribution in [0.3, 0.4) is 0 Å². The van der Waals surface area contributed by atoms with Gasteiger partial charge in [0.05, 0.1) is 11.4 Å². The minimum absolute atomic E-state index is 0.104. The molecule has 8 heteroatoms. The molecule has 0 N–H and O–H groups in total. The third-order valence-corrected chi connectivity index (χ3v) is 5.08. The summed E-state index contributed by atoms with van der Waals surface area (Å²) in [5.41, 5.74) is 1.23. The monoisotopic (exact) mass is 499 g/mol. The van der Waals surface area contributed by atoms with Gasteiger partial charge >= 0.3 is 12.4 Å². The molecule has 0 bridgehead atoms. The average molecular weight is 500 g/mol. The second-order valence-electron chi connectivity index (χ2n) is 7.96. The third-order valence-electron chi connectivity index (χ3n) is 5.08. The molecule has 0 saturated heterocycles. The summed E-state index contributed by atoms with van der Waals surface area (Å²) in [4.78, 5) is 4.79. The van der Waals surface area contributed by atoms with Crippen LogP contribution in [-0.2, 0) is 11.2 Å². The molecule has 4 rings (SSSR count). The van der Waals surface area contributed by atoms with Gasteiger partial charge in [-0.2, -0.15) is 26.3 Å². The number of fused-ring (bicyclic) bond motifs is 2. The lowest BCUT2D eigenvalue weighted by molar-refractivity contribution is -0.327. The van der Waals surface area contributed by atoms with E-state index in [1.165, 1.54) is 27.6 Å². The molecule has 0 radical (unpaired) electrons. The van der Waals surface area contributed by atoms with Crippen molar-refractivity contribution in [1.29, 1.82) is 0 Å². The Labute approximate surface area is 202 Å². The summed E-state index contributed by atoms with van der Waals surface area (Å²) < 4.78 is 73.9. The van der Waals surface area contributed by atoms with Gasteiger partial charge in [-0.25, -0.2) is 0 Å². The van der Waals surface area contributed by atoms with Crippen LogP contribution >= 0.6 is 0 Å². The van der Waals surface area contributed by atoms with E-state index in [0.717, 1.165) is 12.1 Å². The van der Waals surface area contributed by atoms with Gasteiger partial charge in [0.1, 0.15) is 0 Å². The Kier molecular flexibility index (Phi) is 11.0. The van der Waals surface area contributed by atoms with Crippen molar-refractivity contribution in [2.75, 3.05) is 14.2 Å². The number of hydrogen-bond donors (Lipinski definition) is 0. The lowest BCUT2D eigenvalue weighted by atomic mass is 9.92. The largest absolute Gasteiger partial charge is 0.402 e. The van der Waals surface area contributed by atoms with E-state index in [-0.39, 0.29) is 13.8 Å². The smallest absolute Gasteiger partial charge is 0.388 e. The van der Waals surface area contributed by atoms with E-state index in [1.807, 2.05) is 19.9 Å². The van der Waals surface area contributed by atoms with Crippen LogP contribution in [0, 0.1) is 5.41 Å². The summed E-state index contributed by atoms with van der Waals surface area (Å²) in [5, 5.41) is 2.56. The summed E-state index contributed by atoms with van der Waals surface area (Å²) in [5.74, 6) is 0. The van der Waals surface area contributed by atoms with Crippen molar-refractivity contribution >= 4 is 22.2 Å². The number of aliphatic imine (C=N–C) groups is 1. The fraction of sp³-hybridized carbons (Fsp3) is 0.370. The molecule has 35 heavy (non-hydrogen) atoms. The van der Waals surface area contributed by atoms with Crippen LogP contribution < -0.4 is 0 Å². The van der Waals surface area contributed by atoms with Gasteiger partial charge in [-0.1, -0.05) is 68.4 Å². The standard InChI is InChI=1S/C18H13N.C5H6F6.C2H6O.C2H6/c1-2-6-13(7-3-1)17-12-16-10-14-8-4-5-9-15(14)11-18(16)19-17;1-3(2,4(6,7)8)5(9,10)11;1-3-2;1-2/h1-11H,12H2;1-2H3;1-2H3;1-2H3. The highest BCUT2D eigenvalue weighted by Gasteiger charge is 2.64. The molecule has 2 nitrogen and oxygen atoms in total. The number of rotatable bonds is 1. The molecule has 0 amide bonds. The quantitative estimate of drug-likeness (QED) is 0.306. The molecule has 1 aliphatic heterocycles. The van der Waals surface area contributed by atoms with Crippen LogP contribution in [-0.4, -0.2) is 32.3 Å². The zero-order chi connectivity index (χ0) is 26.9. The zero-order valence-electron chi connectivity index (χ0n) is 20.7. The highest BCUT2D eigenvalue weighted by atomic mass is 19.4. The van der Waals surface area contributed by atoms with E-state index in [9.17, 15) is 26.3 Å². The molecule has 1 heterocycles. The number of hydrogen-bond acceptors (Lipinski definition) is 2. The molecule has 3 aromatic rings. The first-order valence-electron chi connectivity index (χ1n) is 11.0. The van der Waals surface area contributed by atoms with Gasteiger partial charge in [0.25, 0.3) is 0 Å². The molecule has 3 aromatic carbocycles. The van der Waals surface area contributed by atoms with Crippen LogP contribution in [0.15, 0.2) is 71.7 Å². The Hall–Kier alpha value is -2.87. The van der Waals surface area contributed by atoms with Gasteiger partial charge in [0, 0.05) is 20.6 Å². The van der Waals surface area contributed by atoms with Crippen LogP contribution in [0.4, 0.5) is 32.0 Å². The molecule has 0 aromatic heterocycles. The van der Waals surface area contributed by atoms with Gasteiger partial charge in [-0.05, 0) is 47.9 Å². The van der Waals surface area contributed by atoms with Gasteiger partial charge in [0.2, 0.25) is 0 Å². The van der Waals surface area contributed by atoms with Crippen molar-refractivity contribution in [3.63, 3.8) is 0 Å². The van der Waals surface area contributed by atoms with Crippen LogP contribution in [0.1, 0.15) is 38.8 Å². The minimum Gasteiger partial charge on any atom is -0.388 e. The maximum atomic E-state index is 11.6. The van der Waals surface area contributed by atoms with Crippen molar-refractivity contribution in [1.82, 2.24) is 0 Å². The lowest BCUT2D eigenvalue weighted by Crippen LogP contribution is -2.44. The van der Waals surface area contributed by atoms with Crippen molar-refractivity contribution < 1.29 is 31.1 Å². The zero-order valence-corrected chi connectivity index (χ0v) is 20.7. The number of methoxy groups -OCH3 is 1. The lowest BCUT2D eigenvalue weighted by Gasteiger charge is -2.29. The summed E-state index contributed by atoms with van der Waals surface area (Å²) in [6, 6.07) is 23.4. The first-order valence-corrected chi connectivity index (χ1v) is 11.0. The summed E-state index contributed by atoms with van der Waals surface area (Å²) in [6.07, 6.45) is -9.55. The van der Waals surface area contributed by atoms with Gasteiger partial charge in [-0.15, -0.1) is 0 Å². The Morgan fingerprint density at radius 2 is 1.14 bits per heavy atom. The van der Waals surface area contributed by atoms with Crippen molar-refractivity contribution in [3.05, 3.63) is 77.9 Å². The molecule has 0 atom stereocenters. The minimum atomic E-state index is -5.24. The van der Waals surface area contributed by atoms with Crippen LogP contribution in [0.2, 0.25) is 0 Å². The Balaban J connectivity index is 0.000000330. The highest BCUT2D eigenvalue weighted by Crippen LogP contribution is 2.49. The van der Waals surface area contributed by atoms with E-state index in [0.29, 0.717) is 0 Å². The molecular weight excluding hydrogens is 468 g/mol. The van der Waals surface area contributed by atoms with E-state index in [2.05, 4.69) is 65.4 Å². The van der Waals surface area contributed by atoms with E-state index in [4.69, 9.17) is 4.99 Å². The normalized spacial score (nSPS) is 12.7. The molecule has 0 saturated carbocycles. The molecular formula is C27H31F6NO. The molecule has 0 fully saturated rings. The van der Waals surface area contributed by atoms with Crippen LogP contribution in [0.25, 0.3) is 10.8 Å². The Morgan fingerprint density at radius 3 is 1.57 bits per heavy atom. The fourth-order valence-electron chi connectivity index (χ4n) is 2.84. The fourth-order valence-corrected chi connectivity index (χ4v) is 2.84. The van der Waals surface area contributed by atoms with Crippen molar-refractivity contribution in [2.24, 2.45) is 10.4 Å². The maximum absolute atomic E-state index is 11.6. The molecule has 0 unspecified atom stereocenters. The topological polar surface area (TPSA) is 21.6 Å². The second kappa shape index (κ2) is 12.7. The summed E-state index contributed by atoms with van der Waals surface area (Å²) in [6.45, 7) is 4.21. The van der Waals surface area contributed by atoms with Gasteiger partial charge in [0.15, 0.2) is 5.41 Å². The van der Waals surface area contributed by atoms with Crippen LogP contribution in [0.5, 0.6) is 0 Å². The molecule has 192 valence electrons. The highest BCUT2D eigenvalue weighted by molar-refractivity contribution is 6.07. The summed E-state index contributed by atoms with van der Waals surface area (Å²) >= 11 is 0. The first-order chi connectivity index (χ1) is 16.3. The average Bonchev–Trinajstić information content (AvgIpc) is 3.22. The van der Waals surface area contributed by atoms with Gasteiger partial charge in [-0.3, -0.25) is 4.99 Å². The van der Waals surface area contributed by atoms with Crippen molar-refractivity contribution in [3.8, 4) is 0 Å². The number of ether oxygens (including phenoxy) is 1. The Bertz CT molecular complexity index is 1070. The van der Waals surface area contributed by atoms with E-state index in [1.54, 1.807) is 14.2 Å². The van der Waals surface area contributed by atoms with E-state index < -0.39 is 17.8 Å². The number of alkyl halides is 6. The number of halogens is 6. The first kappa shape index (κ1) is 30.2. The third kappa shape index (κ3) is 7.82. The van der Waals surface area contributed by atoms with E-state index >= 15 is 0 Å². The molecule has 0 spiro atoms. The molecule has 1 aliphatic rings. The number of nitrogens with zero attached hydrogens (tertiary/aromatic N) is 1. The van der Waals surface area contributed by atoms with Gasteiger partial charge < -0.3 is 4.74 Å². The summed E-state index contributed by atoms with van der Waals surface area (Å²) in [7, 11) is 3.25. The second-order valence-corrected chi connectivity index (χ2v) is 7.96. The number of benzene rings is 3. The predicted molar refractivity (Wildman–Crippen MR) is 130 cm³/mol.